The van der Waals surface area contributed by atoms with E-state index in [1.165, 1.54) is 28.0 Å². The van der Waals surface area contributed by atoms with Crippen molar-refractivity contribution >= 4 is 11.8 Å². The molecule has 0 fully saturated rings. The summed E-state index contributed by atoms with van der Waals surface area (Å²) in [5.74, 6) is 0. The van der Waals surface area contributed by atoms with Gasteiger partial charge in [-0.25, -0.2) is 0 Å². The van der Waals surface area contributed by atoms with Crippen molar-refractivity contribution in [1.29, 1.82) is 0 Å². The Balaban J connectivity index is 1.83. The smallest absolute Gasteiger partial charge is 0.0450 e. The number of thioether (sulfide) groups is 1. The number of fused-ring (bicyclic) bond motifs is 1. The van der Waals surface area contributed by atoms with Gasteiger partial charge in [0.2, 0.25) is 0 Å². The third-order valence-electron chi connectivity index (χ3n) is 4.17. The van der Waals surface area contributed by atoms with Crippen LogP contribution < -0.4 is 5.32 Å². The largest absolute Gasteiger partial charge is 0.309 e. The molecule has 2 atom stereocenters. The third-order valence-corrected chi connectivity index (χ3v) is 5.62. The number of nitrogens with one attached hydrogen (secondary N) is 1. The van der Waals surface area contributed by atoms with Gasteiger partial charge in [-0.1, -0.05) is 49.4 Å². The highest BCUT2D eigenvalue weighted by molar-refractivity contribution is 8.00. The zero-order chi connectivity index (χ0) is 14.7. The summed E-state index contributed by atoms with van der Waals surface area (Å²) in [6.07, 6.45) is 2.34. The molecule has 0 aromatic heterocycles. The van der Waals surface area contributed by atoms with E-state index in [1.54, 1.807) is 0 Å². The second-order valence-electron chi connectivity index (χ2n) is 5.76. The summed E-state index contributed by atoms with van der Waals surface area (Å²) in [6, 6.07) is 18.1. The van der Waals surface area contributed by atoms with Gasteiger partial charge < -0.3 is 5.32 Å². The lowest BCUT2D eigenvalue weighted by Crippen LogP contribution is -2.27. The van der Waals surface area contributed by atoms with Crippen molar-refractivity contribution in [2.45, 2.75) is 42.9 Å². The summed E-state index contributed by atoms with van der Waals surface area (Å²) < 4.78 is 0. The zero-order valence-electron chi connectivity index (χ0n) is 12.8. The molecule has 2 aromatic rings. The van der Waals surface area contributed by atoms with E-state index in [1.807, 2.05) is 11.8 Å². The molecule has 1 aliphatic rings. The lowest BCUT2D eigenvalue weighted by molar-refractivity contribution is 0.539. The summed E-state index contributed by atoms with van der Waals surface area (Å²) in [5.41, 5.74) is 4.39. The highest BCUT2D eigenvalue weighted by Crippen LogP contribution is 2.42. The maximum Gasteiger partial charge on any atom is 0.0450 e. The highest BCUT2D eigenvalue weighted by atomic mass is 32.2. The molecule has 0 saturated carbocycles. The number of rotatable bonds is 5. The SMILES string of the molecule is CCCNC1c2ccccc2CC1Sc1ccccc1C. The van der Waals surface area contributed by atoms with E-state index in [0.29, 0.717) is 11.3 Å². The van der Waals surface area contributed by atoms with Gasteiger partial charge in [0.05, 0.1) is 0 Å². The Hall–Kier alpha value is -1.25. The van der Waals surface area contributed by atoms with E-state index in [0.717, 1.165) is 13.0 Å². The molecule has 1 aliphatic carbocycles. The highest BCUT2D eigenvalue weighted by Gasteiger charge is 2.32. The maximum absolute atomic E-state index is 3.76. The first-order chi connectivity index (χ1) is 10.3. The minimum atomic E-state index is 0.478. The Morgan fingerprint density at radius 1 is 1.10 bits per heavy atom. The average Bonchev–Trinajstić information content (AvgIpc) is 2.85. The van der Waals surface area contributed by atoms with E-state index >= 15 is 0 Å². The molecule has 2 unspecified atom stereocenters. The van der Waals surface area contributed by atoms with Gasteiger partial charge in [-0.15, -0.1) is 11.8 Å². The summed E-state index contributed by atoms with van der Waals surface area (Å²) in [5, 5.41) is 4.35. The Kier molecular flexibility index (Phi) is 4.67. The molecule has 2 heteroatoms. The van der Waals surface area contributed by atoms with Gasteiger partial charge in [0.15, 0.2) is 0 Å². The van der Waals surface area contributed by atoms with Crippen LogP contribution in [0.4, 0.5) is 0 Å². The Labute approximate surface area is 132 Å². The van der Waals surface area contributed by atoms with Crippen molar-refractivity contribution in [1.82, 2.24) is 5.32 Å². The van der Waals surface area contributed by atoms with Crippen molar-refractivity contribution in [3.8, 4) is 0 Å². The fourth-order valence-corrected chi connectivity index (χ4v) is 4.44. The van der Waals surface area contributed by atoms with Gasteiger partial charge >= 0.3 is 0 Å². The fourth-order valence-electron chi connectivity index (χ4n) is 3.06. The summed E-state index contributed by atoms with van der Waals surface area (Å²) >= 11 is 2.03. The Morgan fingerprint density at radius 2 is 1.86 bits per heavy atom. The van der Waals surface area contributed by atoms with E-state index in [4.69, 9.17) is 0 Å². The van der Waals surface area contributed by atoms with Gasteiger partial charge in [0.25, 0.3) is 0 Å². The molecule has 2 aromatic carbocycles. The van der Waals surface area contributed by atoms with Crippen LogP contribution in [0.3, 0.4) is 0 Å². The zero-order valence-corrected chi connectivity index (χ0v) is 13.6. The molecule has 3 rings (SSSR count). The topological polar surface area (TPSA) is 12.0 Å². The van der Waals surface area contributed by atoms with Gasteiger partial charge in [0.1, 0.15) is 0 Å². The molecular weight excluding hydrogens is 274 g/mol. The van der Waals surface area contributed by atoms with Crippen LogP contribution in [0.25, 0.3) is 0 Å². The molecule has 0 heterocycles. The lowest BCUT2D eigenvalue weighted by atomic mass is 10.1. The first-order valence-corrected chi connectivity index (χ1v) is 8.71. The average molecular weight is 297 g/mol. The number of hydrogen-bond donors (Lipinski definition) is 1. The van der Waals surface area contributed by atoms with E-state index in [2.05, 4.69) is 67.7 Å². The van der Waals surface area contributed by atoms with Crippen molar-refractivity contribution in [2.24, 2.45) is 0 Å². The van der Waals surface area contributed by atoms with Crippen molar-refractivity contribution in [3.05, 3.63) is 65.2 Å². The summed E-state index contributed by atoms with van der Waals surface area (Å²) in [6.45, 7) is 5.53. The minimum Gasteiger partial charge on any atom is -0.309 e. The lowest BCUT2D eigenvalue weighted by Gasteiger charge is -2.22. The number of benzene rings is 2. The summed E-state index contributed by atoms with van der Waals surface area (Å²) in [7, 11) is 0. The number of hydrogen-bond acceptors (Lipinski definition) is 2. The predicted octanol–water partition coefficient (Wildman–Crippen LogP) is 4.75. The number of aryl methyl sites for hydroxylation is 1. The molecule has 0 spiro atoms. The first-order valence-electron chi connectivity index (χ1n) is 7.83. The van der Waals surface area contributed by atoms with Crippen LogP contribution in [0.5, 0.6) is 0 Å². The molecule has 21 heavy (non-hydrogen) atoms. The normalized spacial score (nSPS) is 20.5. The second-order valence-corrected chi connectivity index (χ2v) is 7.04. The van der Waals surface area contributed by atoms with Gasteiger partial charge in [-0.3, -0.25) is 0 Å². The molecule has 110 valence electrons. The Bertz CT molecular complexity index is 608. The predicted molar refractivity (Wildman–Crippen MR) is 92.0 cm³/mol. The molecular formula is C19H23NS. The van der Waals surface area contributed by atoms with Crippen LogP contribution in [0.1, 0.15) is 36.1 Å². The molecule has 1 nitrogen and oxygen atoms in total. The molecule has 0 bridgehead atoms. The van der Waals surface area contributed by atoms with E-state index < -0.39 is 0 Å². The molecule has 0 radical (unpaired) electrons. The molecule has 0 saturated heterocycles. The van der Waals surface area contributed by atoms with Crippen LogP contribution in [0.2, 0.25) is 0 Å². The standard InChI is InChI=1S/C19H23NS/c1-3-12-20-19-16-10-6-5-9-15(16)13-18(19)21-17-11-7-4-8-14(17)2/h4-11,18-20H,3,12-13H2,1-2H3. The van der Waals surface area contributed by atoms with Crippen LogP contribution in [0.15, 0.2) is 53.4 Å². The van der Waals surface area contributed by atoms with Gasteiger partial charge in [-0.05, 0) is 49.1 Å². The van der Waals surface area contributed by atoms with Gasteiger partial charge in [0, 0.05) is 16.2 Å². The second kappa shape index (κ2) is 6.67. The van der Waals surface area contributed by atoms with E-state index in [9.17, 15) is 0 Å². The van der Waals surface area contributed by atoms with Crippen molar-refractivity contribution in [3.63, 3.8) is 0 Å². The fraction of sp³-hybridized carbons (Fsp3) is 0.368. The third kappa shape index (κ3) is 3.17. The molecule has 1 N–H and O–H groups in total. The van der Waals surface area contributed by atoms with Crippen LogP contribution in [0, 0.1) is 6.92 Å². The van der Waals surface area contributed by atoms with Crippen molar-refractivity contribution < 1.29 is 0 Å². The molecule has 0 aliphatic heterocycles. The van der Waals surface area contributed by atoms with Crippen LogP contribution >= 0.6 is 11.8 Å². The van der Waals surface area contributed by atoms with Crippen molar-refractivity contribution in [2.75, 3.05) is 6.54 Å². The monoisotopic (exact) mass is 297 g/mol. The first kappa shape index (κ1) is 14.7. The van der Waals surface area contributed by atoms with Crippen LogP contribution in [-0.2, 0) is 6.42 Å². The minimum absolute atomic E-state index is 0.478. The summed E-state index contributed by atoms with van der Waals surface area (Å²) in [4.78, 5) is 1.42. The Morgan fingerprint density at radius 3 is 2.67 bits per heavy atom. The van der Waals surface area contributed by atoms with Crippen LogP contribution in [-0.4, -0.2) is 11.8 Å². The maximum atomic E-state index is 3.76. The van der Waals surface area contributed by atoms with Gasteiger partial charge in [-0.2, -0.15) is 0 Å². The van der Waals surface area contributed by atoms with E-state index in [-0.39, 0.29) is 0 Å². The quantitative estimate of drug-likeness (QED) is 0.854. The molecule has 0 amide bonds.